The van der Waals surface area contributed by atoms with Gasteiger partial charge >= 0.3 is 0 Å². The molecule has 92 valence electrons. The van der Waals surface area contributed by atoms with E-state index < -0.39 is 0 Å². The Morgan fingerprint density at radius 3 is 1.67 bits per heavy atom. The molecule has 0 bridgehead atoms. The highest BCUT2D eigenvalue weighted by atomic mass is 16.2. The second-order valence-corrected chi connectivity index (χ2v) is 5.87. The molecular weight excluding hydrogens is 186 g/mol. The molecular formula is C13H29NO. The second kappa shape index (κ2) is 5.86. The largest absolute Gasteiger partial charge is 0.397 e. The Morgan fingerprint density at radius 1 is 1.13 bits per heavy atom. The van der Waals surface area contributed by atoms with Crippen molar-refractivity contribution in [2.45, 2.75) is 59.9 Å². The van der Waals surface area contributed by atoms with Crippen molar-refractivity contribution in [2.75, 3.05) is 13.7 Å². The average molecular weight is 215 g/mol. The molecule has 1 rings (SSSR count). The van der Waals surface area contributed by atoms with Gasteiger partial charge in [-0.15, -0.1) is 0 Å². The van der Waals surface area contributed by atoms with Gasteiger partial charge in [0, 0.05) is 12.6 Å². The maximum atomic E-state index is 7.57. The molecule has 15 heavy (non-hydrogen) atoms. The van der Waals surface area contributed by atoms with Gasteiger partial charge in [-0.05, 0) is 37.6 Å². The number of rotatable bonds is 1. The standard InChI is InChI=1S/C11H23N.C2H6O/c1-10(2)7-6-8-11(3,4)9(10)12-5;1-2-3/h9,12H,6-8H2,1-5H3;3H,2H2,1H3. The second-order valence-electron chi connectivity index (χ2n) is 5.87. The first-order chi connectivity index (χ1) is 6.81. The summed E-state index contributed by atoms with van der Waals surface area (Å²) >= 11 is 0. The Kier molecular flexibility index (Phi) is 5.82. The maximum absolute atomic E-state index is 7.57. The Labute approximate surface area is 95.5 Å². The van der Waals surface area contributed by atoms with E-state index in [1.54, 1.807) is 6.92 Å². The van der Waals surface area contributed by atoms with E-state index in [1.807, 2.05) is 0 Å². The van der Waals surface area contributed by atoms with Crippen molar-refractivity contribution in [1.82, 2.24) is 5.32 Å². The SMILES string of the molecule is CCO.CNC1C(C)(C)CCCC1(C)C. The fourth-order valence-electron chi connectivity index (χ4n) is 3.13. The highest BCUT2D eigenvalue weighted by Crippen LogP contribution is 2.45. The van der Waals surface area contributed by atoms with Crippen LogP contribution in [0.2, 0.25) is 0 Å². The van der Waals surface area contributed by atoms with Gasteiger partial charge < -0.3 is 10.4 Å². The predicted molar refractivity (Wildman–Crippen MR) is 67.0 cm³/mol. The van der Waals surface area contributed by atoms with Gasteiger partial charge in [-0.1, -0.05) is 34.1 Å². The zero-order valence-electron chi connectivity index (χ0n) is 11.4. The Balaban J connectivity index is 0.000000583. The molecule has 0 aromatic rings. The van der Waals surface area contributed by atoms with Crippen molar-refractivity contribution in [1.29, 1.82) is 0 Å². The summed E-state index contributed by atoms with van der Waals surface area (Å²) in [7, 11) is 2.10. The summed E-state index contributed by atoms with van der Waals surface area (Å²) in [5.74, 6) is 0. The minimum absolute atomic E-state index is 0.250. The molecule has 0 unspecified atom stereocenters. The van der Waals surface area contributed by atoms with Crippen LogP contribution in [0.4, 0.5) is 0 Å². The number of aliphatic hydroxyl groups excluding tert-OH is 1. The molecule has 0 atom stereocenters. The molecule has 2 nitrogen and oxygen atoms in total. The number of hydrogen-bond acceptors (Lipinski definition) is 2. The number of nitrogens with one attached hydrogen (secondary N) is 1. The van der Waals surface area contributed by atoms with Crippen LogP contribution in [0.25, 0.3) is 0 Å². The normalized spacial score (nSPS) is 24.2. The van der Waals surface area contributed by atoms with E-state index in [2.05, 4.69) is 40.1 Å². The molecule has 2 N–H and O–H groups in total. The van der Waals surface area contributed by atoms with E-state index in [9.17, 15) is 0 Å². The first kappa shape index (κ1) is 14.9. The lowest BCUT2D eigenvalue weighted by molar-refractivity contribution is 0.0555. The van der Waals surface area contributed by atoms with Gasteiger partial charge in [0.05, 0.1) is 0 Å². The van der Waals surface area contributed by atoms with Crippen LogP contribution in [-0.2, 0) is 0 Å². The van der Waals surface area contributed by atoms with E-state index in [0.717, 1.165) is 0 Å². The zero-order chi connectivity index (χ0) is 12.1. The summed E-state index contributed by atoms with van der Waals surface area (Å²) in [5, 5.41) is 11.1. The van der Waals surface area contributed by atoms with Gasteiger partial charge in [-0.25, -0.2) is 0 Å². The van der Waals surface area contributed by atoms with Gasteiger partial charge in [-0.3, -0.25) is 0 Å². The number of hydrogen-bond donors (Lipinski definition) is 2. The van der Waals surface area contributed by atoms with Crippen LogP contribution in [0.5, 0.6) is 0 Å². The van der Waals surface area contributed by atoms with E-state index in [1.165, 1.54) is 19.3 Å². The van der Waals surface area contributed by atoms with Crippen molar-refractivity contribution < 1.29 is 5.11 Å². The lowest BCUT2D eigenvalue weighted by atomic mass is 9.61. The summed E-state index contributed by atoms with van der Waals surface area (Å²) < 4.78 is 0. The smallest absolute Gasteiger partial charge is 0.0402 e. The maximum Gasteiger partial charge on any atom is 0.0402 e. The third kappa shape index (κ3) is 4.12. The molecule has 1 fully saturated rings. The first-order valence-corrected chi connectivity index (χ1v) is 6.10. The summed E-state index contributed by atoms with van der Waals surface area (Å²) in [6.45, 7) is 11.5. The van der Waals surface area contributed by atoms with Crippen LogP contribution in [0.1, 0.15) is 53.9 Å². The van der Waals surface area contributed by atoms with Gasteiger partial charge in [0.25, 0.3) is 0 Å². The molecule has 1 aliphatic carbocycles. The molecule has 1 aliphatic rings. The van der Waals surface area contributed by atoms with Gasteiger partial charge in [0.2, 0.25) is 0 Å². The molecule has 0 heterocycles. The average Bonchev–Trinajstić information content (AvgIpc) is 2.02. The molecule has 2 heteroatoms. The highest BCUT2D eigenvalue weighted by molar-refractivity contribution is 4.97. The molecule has 0 aromatic carbocycles. The fraction of sp³-hybridized carbons (Fsp3) is 1.00. The summed E-state index contributed by atoms with van der Waals surface area (Å²) in [6, 6.07) is 0.666. The van der Waals surface area contributed by atoms with E-state index in [-0.39, 0.29) is 6.61 Å². The van der Waals surface area contributed by atoms with Crippen molar-refractivity contribution in [3.63, 3.8) is 0 Å². The van der Waals surface area contributed by atoms with Crippen LogP contribution in [0.3, 0.4) is 0 Å². The molecule has 0 saturated heterocycles. The van der Waals surface area contributed by atoms with Crippen molar-refractivity contribution >= 4 is 0 Å². The van der Waals surface area contributed by atoms with Crippen LogP contribution in [0, 0.1) is 10.8 Å². The highest BCUT2D eigenvalue weighted by Gasteiger charge is 2.42. The Hall–Kier alpha value is -0.0800. The van der Waals surface area contributed by atoms with Crippen LogP contribution < -0.4 is 5.32 Å². The minimum Gasteiger partial charge on any atom is -0.397 e. The first-order valence-electron chi connectivity index (χ1n) is 6.10. The third-order valence-corrected chi connectivity index (χ3v) is 3.49. The van der Waals surface area contributed by atoms with Crippen LogP contribution in [0.15, 0.2) is 0 Å². The lowest BCUT2D eigenvalue weighted by Gasteiger charge is -2.49. The topological polar surface area (TPSA) is 32.3 Å². The number of aliphatic hydroxyl groups is 1. The summed E-state index contributed by atoms with van der Waals surface area (Å²) in [6.07, 6.45) is 4.11. The zero-order valence-corrected chi connectivity index (χ0v) is 11.4. The lowest BCUT2D eigenvalue weighted by Crippen LogP contribution is -2.52. The molecule has 0 amide bonds. The monoisotopic (exact) mass is 215 g/mol. The minimum atomic E-state index is 0.250. The van der Waals surface area contributed by atoms with E-state index in [4.69, 9.17) is 5.11 Å². The van der Waals surface area contributed by atoms with Gasteiger partial charge in [-0.2, -0.15) is 0 Å². The molecule has 0 spiro atoms. The Morgan fingerprint density at radius 2 is 1.47 bits per heavy atom. The van der Waals surface area contributed by atoms with Gasteiger partial charge in [0.15, 0.2) is 0 Å². The molecule has 0 aliphatic heterocycles. The molecule has 0 aromatic heterocycles. The quantitative estimate of drug-likeness (QED) is 0.705. The van der Waals surface area contributed by atoms with Crippen molar-refractivity contribution in [2.24, 2.45) is 10.8 Å². The van der Waals surface area contributed by atoms with E-state index >= 15 is 0 Å². The fourth-order valence-corrected chi connectivity index (χ4v) is 3.13. The third-order valence-electron chi connectivity index (χ3n) is 3.49. The molecule has 0 radical (unpaired) electrons. The van der Waals surface area contributed by atoms with Crippen LogP contribution >= 0.6 is 0 Å². The Bertz CT molecular complexity index is 159. The van der Waals surface area contributed by atoms with Crippen LogP contribution in [-0.4, -0.2) is 24.8 Å². The van der Waals surface area contributed by atoms with E-state index in [0.29, 0.717) is 16.9 Å². The van der Waals surface area contributed by atoms with Gasteiger partial charge in [0.1, 0.15) is 0 Å². The summed E-state index contributed by atoms with van der Waals surface area (Å²) in [5.41, 5.74) is 0.938. The van der Waals surface area contributed by atoms with Crippen molar-refractivity contribution in [3.05, 3.63) is 0 Å². The van der Waals surface area contributed by atoms with Crippen molar-refractivity contribution in [3.8, 4) is 0 Å². The molecule has 1 saturated carbocycles. The predicted octanol–water partition coefficient (Wildman–Crippen LogP) is 2.81. The summed E-state index contributed by atoms with van der Waals surface area (Å²) in [4.78, 5) is 0.